The third-order valence-corrected chi connectivity index (χ3v) is 11.6. The van der Waals surface area contributed by atoms with Gasteiger partial charge in [-0.15, -0.1) is 11.3 Å². The number of pyridine rings is 1. The first kappa shape index (κ1) is 36.4. The summed E-state index contributed by atoms with van der Waals surface area (Å²) in [5.74, 6) is 7.87. The Bertz CT molecular complexity index is 1820. The molecule has 0 spiro atoms. The Balaban J connectivity index is 0.000000349. The Labute approximate surface area is 296 Å². The number of nitrogens with two attached hydrogens (primary N) is 1. The fraction of sp³-hybridized carbons (Fsp3) is 0.441. The van der Waals surface area contributed by atoms with E-state index >= 15 is 0 Å². The highest BCUT2D eigenvalue weighted by molar-refractivity contribution is 7.85. The fourth-order valence-corrected chi connectivity index (χ4v) is 8.00. The van der Waals surface area contributed by atoms with Gasteiger partial charge in [-0.05, 0) is 62.6 Å². The van der Waals surface area contributed by atoms with Gasteiger partial charge in [0.05, 0.1) is 37.7 Å². The highest BCUT2D eigenvalue weighted by Gasteiger charge is 2.40. The first-order chi connectivity index (χ1) is 22.9. The van der Waals surface area contributed by atoms with Crippen molar-refractivity contribution >= 4 is 66.7 Å². The van der Waals surface area contributed by atoms with Gasteiger partial charge in [-0.25, -0.2) is 23.0 Å². The number of anilines is 1. The minimum atomic E-state index is -4.27. The molecule has 3 N–H and O–H groups in total. The molecule has 4 heterocycles. The summed E-state index contributed by atoms with van der Waals surface area (Å²) in [5.41, 5.74) is 2.85. The van der Waals surface area contributed by atoms with Crippen molar-refractivity contribution in [2.45, 2.75) is 69.2 Å². The highest BCUT2D eigenvalue weighted by atomic mass is 35.5. The minimum absolute atomic E-state index is 0.0484. The number of halogens is 2. The molecule has 2 unspecified atom stereocenters. The monoisotopic (exact) mass is 732 g/mol. The molecule has 0 aliphatic carbocycles. The number of likely N-dealkylation sites (tertiary alicyclic amines) is 1. The van der Waals surface area contributed by atoms with Crippen LogP contribution in [0.25, 0.3) is 10.3 Å². The van der Waals surface area contributed by atoms with Crippen molar-refractivity contribution in [2.75, 3.05) is 37.6 Å². The molecule has 0 saturated carbocycles. The topological polar surface area (TPSA) is 141 Å². The van der Waals surface area contributed by atoms with E-state index in [1.807, 2.05) is 25.1 Å². The molecule has 258 valence electrons. The molecule has 2 aliphatic rings. The molecule has 1 amide bonds. The van der Waals surface area contributed by atoms with E-state index in [9.17, 15) is 17.8 Å². The summed E-state index contributed by atoms with van der Waals surface area (Å²) >= 11 is 14.0. The van der Waals surface area contributed by atoms with Crippen molar-refractivity contribution in [3.05, 3.63) is 80.8 Å². The molecule has 2 aromatic carbocycles. The van der Waals surface area contributed by atoms with Gasteiger partial charge in [0.25, 0.3) is 0 Å². The van der Waals surface area contributed by atoms with Gasteiger partial charge in [-0.2, -0.15) is 5.84 Å². The summed E-state index contributed by atoms with van der Waals surface area (Å²) in [4.78, 5) is 24.2. The quantitative estimate of drug-likeness (QED) is 0.0809. The largest absolute Gasteiger partial charge is 0.744 e. The van der Waals surface area contributed by atoms with Gasteiger partial charge >= 0.3 is 0 Å². The maximum Gasteiger partial charge on any atom is 0.220 e. The number of carbonyl (C=O) groups is 1. The number of amides is 1. The molecule has 48 heavy (non-hydrogen) atoms. The fourth-order valence-electron chi connectivity index (χ4n) is 6.32. The van der Waals surface area contributed by atoms with E-state index in [4.69, 9.17) is 39.0 Å². The lowest BCUT2D eigenvalue weighted by Crippen LogP contribution is -2.54. The van der Waals surface area contributed by atoms with Crippen LogP contribution in [-0.2, 0) is 21.3 Å². The molecule has 2 aromatic heterocycles. The van der Waals surface area contributed by atoms with Crippen LogP contribution in [0, 0.1) is 6.92 Å². The Morgan fingerprint density at radius 3 is 2.50 bits per heavy atom. The molecule has 2 atom stereocenters. The summed E-state index contributed by atoms with van der Waals surface area (Å²) in [6, 6.07) is 16.0. The van der Waals surface area contributed by atoms with Crippen molar-refractivity contribution in [1.29, 1.82) is 0 Å². The van der Waals surface area contributed by atoms with Crippen molar-refractivity contribution in [3.63, 3.8) is 0 Å². The molecule has 4 aromatic rings. The Morgan fingerprint density at radius 1 is 1.04 bits per heavy atom. The summed E-state index contributed by atoms with van der Waals surface area (Å²) < 4.78 is 32.7. The Morgan fingerprint density at radius 2 is 1.79 bits per heavy atom. The van der Waals surface area contributed by atoms with Gasteiger partial charge in [0.2, 0.25) is 5.91 Å². The molecule has 14 heteroatoms. The number of quaternary nitrogens is 1. The Kier molecular flexibility index (Phi) is 12.3. The number of fused-ring (bicyclic) bond motifs is 1. The van der Waals surface area contributed by atoms with Crippen LogP contribution in [0.4, 0.5) is 5.82 Å². The first-order valence-corrected chi connectivity index (χ1v) is 19.3. The average molecular weight is 734 g/mol. The van der Waals surface area contributed by atoms with Crippen molar-refractivity contribution in [2.24, 2.45) is 5.84 Å². The molecule has 2 fully saturated rings. The van der Waals surface area contributed by atoms with E-state index in [1.165, 1.54) is 31.4 Å². The zero-order valence-electron chi connectivity index (χ0n) is 27.0. The molecule has 0 radical (unpaired) electrons. The van der Waals surface area contributed by atoms with E-state index in [0.717, 1.165) is 77.7 Å². The van der Waals surface area contributed by atoms with Crippen LogP contribution in [0.2, 0.25) is 10.0 Å². The van der Waals surface area contributed by atoms with E-state index in [0.29, 0.717) is 34.0 Å². The smallest absolute Gasteiger partial charge is 0.220 e. The lowest BCUT2D eigenvalue weighted by atomic mass is 10.0. The molecule has 0 bridgehead atoms. The van der Waals surface area contributed by atoms with Crippen molar-refractivity contribution < 1.29 is 22.4 Å². The number of carbonyl (C=O) groups excluding carboxylic acids is 1. The lowest BCUT2D eigenvalue weighted by molar-refractivity contribution is -0.956. The van der Waals surface area contributed by atoms with Gasteiger partial charge in [0.1, 0.15) is 22.0 Å². The second-order valence-electron chi connectivity index (χ2n) is 12.5. The van der Waals surface area contributed by atoms with Crippen LogP contribution >= 0.6 is 34.5 Å². The van der Waals surface area contributed by atoms with Crippen LogP contribution in [0.1, 0.15) is 67.1 Å². The number of piperidine rings is 1. The van der Waals surface area contributed by atoms with Crippen LogP contribution in [-0.4, -0.2) is 66.2 Å². The van der Waals surface area contributed by atoms with Gasteiger partial charge in [-0.1, -0.05) is 47.0 Å². The highest BCUT2D eigenvalue weighted by Crippen LogP contribution is 2.38. The van der Waals surface area contributed by atoms with Crippen molar-refractivity contribution in [3.8, 4) is 0 Å². The van der Waals surface area contributed by atoms with Crippen LogP contribution in [0.3, 0.4) is 0 Å². The van der Waals surface area contributed by atoms with E-state index in [-0.39, 0.29) is 16.8 Å². The standard InChI is InChI=1S/C27H34Cl2N6OS.C7H8O3S/c28-20-8-7-19(18-21(20)29)22-6-4-16-35(22,30)17-5-13-31-25(36)11-12-26-33-27-23(37-26)9-10-24(32-27)34-14-2-1-3-15-34;1-6-2-4-7(5-3-6)11(8,9)10/h7-10,18,22H,1-6,11-17,30H2;2-5H,1H3,(H,8,9,10). The zero-order chi connectivity index (χ0) is 34.3. The first-order valence-electron chi connectivity index (χ1n) is 16.3. The van der Waals surface area contributed by atoms with E-state index < -0.39 is 10.1 Å². The number of aromatic nitrogens is 2. The maximum absolute atomic E-state index is 12.5. The number of rotatable bonds is 10. The lowest BCUT2D eigenvalue weighted by Gasteiger charge is -2.35. The molecule has 2 saturated heterocycles. The number of benzene rings is 2. The predicted molar refractivity (Wildman–Crippen MR) is 191 cm³/mol. The molecular weight excluding hydrogens is 691 g/mol. The van der Waals surface area contributed by atoms with Crippen LogP contribution in [0.5, 0.6) is 0 Å². The second kappa shape index (κ2) is 16.2. The van der Waals surface area contributed by atoms with Crippen LogP contribution in [0.15, 0.2) is 59.5 Å². The van der Waals surface area contributed by atoms with Gasteiger partial charge in [0, 0.05) is 57.3 Å². The van der Waals surface area contributed by atoms with E-state index in [2.05, 4.69) is 22.3 Å². The molecule has 6 rings (SSSR count). The van der Waals surface area contributed by atoms with Crippen LogP contribution < -0.4 is 16.1 Å². The van der Waals surface area contributed by atoms with Gasteiger partial charge in [0.15, 0.2) is 5.65 Å². The van der Waals surface area contributed by atoms with E-state index in [1.54, 1.807) is 23.5 Å². The zero-order valence-corrected chi connectivity index (χ0v) is 30.2. The minimum Gasteiger partial charge on any atom is -0.744 e. The number of nitrogens with one attached hydrogen (secondary N) is 1. The third-order valence-electron chi connectivity index (χ3n) is 8.91. The number of hydrogen-bond donors (Lipinski definition) is 2. The summed E-state index contributed by atoms with van der Waals surface area (Å²) in [6.45, 7) is 6.29. The predicted octanol–water partition coefficient (Wildman–Crippen LogP) is 6.55. The maximum atomic E-state index is 12.5. The number of nitrogens with zero attached hydrogens (tertiary/aromatic N) is 4. The molecular formula is C34H42Cl2N6O4S2. The third kappa shape index (κ3) is 9.65. The molecule has 2 aliphatic heterocycles. The molecule has 10 nitrogen and oxygen atoms in total. The Hall–Kier alpha value is -2.84. The summed E-state index contributed by atoms with van der Waals surface area (Å²) in [7, 11) is -4.27. The van der Waals surface area contributed by atoms with Gasteiger partial charge in [-0.3, -0.25) is 4.79 Å². The average Bonchev–Trinajstić information content (AvgIpc) is 3.66. The van der Waals surface area contributed by atoms with Crippen molar-refractivity contribution in [1.82, 2.24) is 15.3 Å². The summed E-state index contributed by atoms with van der Waals surface area (Å²) in [6.07, 6.45) is 7.72. The summed E-state index contributed by atoms with van der Waals surface area (Å²) in [5, 5.41) is 5.15. The number of aryl methyl sites for hydroxylation is 2. The SMILES string of the molecule is Cc1ccc(S(=O)(=O)[O-])cc1.N[N+]1(CCCNC(=O)CCc2nc3nc(N4CCCCC4)ccc3s2)CCCC1c1ccc(Cl)c(Cl)c1. The second-order valence-corrected chi connectivity index (χ2v) is 15.8. The van der Waals surface area contributed by atoms with Gasteiger partial charge < -0.3 is 14.8 Å². The number of hydrogen-bond acceptors (Lipinski definition) is 9. The normalized spacial score (nSPS) is 19.6. The number of thiazole rings is 1.